The number of esters is 2. The van der Waals surface area contributed by atoms with Crippen LogP contribution in [0, 0.1) is 5.92 Å². The van der Waals surface area contributed by atoms with Gasteiger partial charge in [-0.2, -0.15) is 0 Å². The summed E-state index contributed by atoms with van der Waals surface area (Å²) in [6.07, 6.45) is 6.42. The highest BCUT2D eigenvalue weighted by atomic mass is 16.6. The Kier molecular flexibility index (Phi) is 6.10. The molecule has 0 amide bonds. The van der Waals surface area contributed by atoms with Gasteiger partial charge in [-0.05, 0) is 39.5 Å². The van der Waals surface area contributed by atoms with E-state index >= 15 is 0 Å². The molecule has 102 valence electrons. The Morgan fingerprint density at radius 1 is 1.22 bits per heavy atom. The molecule has 1 rings (SSSR count). The van der Waals surface area contributed by atoms with E-state index < -0.39 is 0 Å². The number of ether oxygens (including phenoxy) is 1. The van der Waals surface area contributed by atoms with Crippen LogP contribution in [0.15, 0.2) is 11.1 Å². The second kappa shape index (κ2) is 7.34. The SMILES string of the molecule is CCCCC/C1=C(/C)CCCC(=O)OC(=O)C1C. The summed E-state index contributed by atoms with van der Waals surface area (Å²) in [6, 6.07) is 0. The maximum atomic E-state index is 11.8. The number of hydrogen-bond acceptors (Lipinski definition) is 3. The summed E-state index contributed by atoms with van der Waals surface area (Å²) >= 11 is 0. The molecule has 3 nitrogen and oxygen atoms in total. The maximum Gasteiger partial charge on any atom is 0.320 e. The number of hydrogen-bond donors (Lipinski definition) is 0. The van der Waals surface area contributed by atoms with Crippen molar-refractivity contribution >= 4 is 11.9 Å². The molecule has 0 aliphatic carbocycles. The van der Waals surface area contributed by atoms with Crippen molar-refractivity contribution in [2.45, 2.75) is 65.7 Å². The summed E-state index contributed by atoms with van der Waals surface area (Å²) in [6.45, 7) is 6.10. The molecule has 0 aromatic rings. The topological polar surface area (TPSA) is 43.4 Å². The molecule has 1 heterocycles. The van der Waals surface area contributed by atoms with Gasteiger partial charge in [0.15, 0.2) is 0 Å². The van der Waals surface area contributed by atoms with Crippen LogP contribution in [0.3, 0.4) is 0 Å². The minimum absolute atomic E-state index is 0.274. The van der Waals surface area contributed by atoms with Gasteiger partial charge in [0.1, 0.15) is 0 Å². The van der Waals surface area contributed by atoms with Crippen LogP contribution in [0.25, 0.3) is 0 Å². The van der Waals surface area contributed by atoms with Gasteiger partial charge in [-0.3, -0.25) is 9.59 Å². The van der Waals surface area contributed by atoms with Crippen LogP contribution in [-0.2, 0) is 14.3 Å². The van der Waals surface area contributed by atoms with Gasteiger partial charge in [-0.25, -0.2) is 0 Å². The molecule has 0 N–H and O–H groups in total. The Labute approximate surface area is 110 Å². The van der Waals surface area contributed by atoms with E-state index in [1.54, 1.807) is 0 Å². The standard InChI is InChI=1S/C15H24O3/c1-4-5-6-9-13-11(2)8-7-10-14(16)18-15(17)12(13)3/h12H,4-10H2,1-3H3/b13-11+. The van der Waals surface area contributed by atoms with E-state index in [1.807, 2.05) is 6.92 Å². The van der Waals surface area contributed by atoms with Gasteiger partial charge in [-0.15, -0.1) is 0 Å². The van der Waals surface area contributed by atoms with Crippen molar-refractivity contribution in [2.24, 2.45) is 5.92 Å². The second-order valence-corrected chi connectivity index (χ2v) is 5.13. The molecule has 0 saturated carbocycles. The predicted molar refractivity (Wildman–Crippen MR) is 71.0 cm³/mol. The van der Waals surface area contributed by atoms with E-state index in [9.17, 15) is 9.59 Å². The van der Waals surface area contributed by atoms with E-state index in [-0.39, 0.29) is 17.9 Å². The molecule has 1 unspecified atom stereocenters. The first kappa shape index (κ1) is 14.9. The quantitative estimate of drug-likeness (QED) is 0.331. The Morgan fingerprint density at radius 3 is 2.61 bits per heavy atom. The normalized spacial score (nSPS) is 26.3. The highest BCUT2D eigenvalue weighted by Gasteiger charge is 2.24. The number of allylic oxidation sites excluding steroid dienone is 1. The van der Waals surface area contributed by atoms with Crippen molar-refractivity contribution < 1.29 is 14.3 Å². The summed E-state index contributed by atoms with van der Waals surface area (Å²) in [5.74, 6) is -1.04. The summed E-state index contributed by atoms with van der Waals surface area (Å²) in [4.78, 5) is 23.2. The van der Waals surface area contributed by atoms with E-state index in [4.69, 9.17) is 4.74 Å². The lowest BCUT2D eigenvalue weighted by molar-refractivity contribution is -0.161. The average Bonchev–Trinajstić information content (AvgIpc) is 2.36. The first-order valence-electron chi connectivity index (χ1n) is 6.99. The predicted octanol–water partition coefficient (Wildman–Crippen LogP) is 3.77. The first-order chi connectivity index (χ1) is 8.56. The Hall–Kier alpha value is -1.12. The fraction of sp³-hybridized carbons (Fsp3) is 0.733. The molecule has 0 bridgehead atoms. The zero-order valence-electron chi connectivity index (χ0n) is 11.8. The van der Waals surface area contributed by atoms with Crippen LogP contribution in [-0.4, -0.2) is 11.9 Å². The third-order valence-corrected chi connectivity index (χ3v) is 3.62. The summed E-state index contributed by atoms with van der Waals surface area (Å²) in [7, 11) is 0. The van der Waals surface area contributed by atoms with Crippen molar-refractivity contribution in [3.63, 3.8) is 0 Å². The molecule has 1 aliphatic rings. The van der Waals surface area contributed by atoms with Gasteiger partial charge in [0.25, 0.3) is 0 Å². The molecular formula is C15H24O3. The van der Waals surface area contributed by atoms with E-state index in [2.05, 4.69) is 13.8 Å². The zero-order valence-corrected chi connectivity index (χ0v) is 11.8. The van der Waals surface area contributed by atoms with Gasteiger partial charge in [-0.1, -0.05) is 30.9 Å². The Bertz CT molecular complexity index is 342. The minimum Gasteiger partial charge on any atom is -0.393 e. The van der Waals surface area contributed by atoms with Crippen molar-refractivity contribution in [3.8, 4) is 0 Å². The first-order valence-corrected chi connectivity index (χ1v) is 6.99. The molecule has 3 heteroatoms. The molecular weight excluding hydrogens is 228 g/mol. The van der Waals surface area contributed by atoms with Gasteiger partial charge in [0, 0.05) is 6.42 Å². The highest BCUT2D eigenvalue weighted by Crippen LogP contribution is 2.27. The third-order valence-electron chi connectivity index (χ3n) is 3.62. The molecule has 0 saturated heterocycles. The summed E-state index contributed by atoms with van der Waals surface area (Å²) < 4.78 is 4.86. The smallest absolute Gasteiger partial charge is 0.320 e. The van der Waals surface area contributed by atoms with Crippen LogP contribution in [0.5, 0.6) is 0 Å². The molecule has 0 radical (unpaired) electrons. The van der Waals surface area contributed by atoms with Crippen molar-refractivity contribution in [1.29, 1.82) is 0 Å². The molecule has 0 spiro atoms. The van der Waals surface area contributed by atoms with Gasteiger partial charge in [0.05, 0.1) is 5.92 Å². The molecule has 1 aliphatic heterocycles. The lowest BCUT2D eigenvalue weighted by atomic mass is 9.90. The molecule has 0 aromatic heterocycles. The van der Waals surface area contributed by atoms with Crippen molar-refractivity contribution in [1.82, 2.24) is 0 Å². The van der Waals surface area contributed by atoms with Crippen LogP contribution in [0.2, 0.25) is 0 Å². The Morgan fingerprint density at radius 2 is 1.94 bits per heavy atom. The molecule has 1 atom stereocenters. The summed E-state index contributed by atoms with van der Waals surface area (Å²) in [5.41, 5.74) is 2.45. The average molecular weight is 252 g/mol. The van der Waals surface area contributed by atoms with E-state index in [0.717, 1.165) is 25.7 Å². The van der Waals surface area contributed by atoms with Crippen LogP contribution in [0.4, 0.5) is 0 Å². The lowest BCUT2D eigenvalue weighted by Gasteiger charge is -2.16. The number of cyclic esters (lactones) is 2. The number of carbonyl (C=O) groups is 2. The number of unbranched alkanes of at least 4 members (excludes halogenated alkanes) is 2. The van der Waals surface area contributed by atoms with Gasteiger partial charge < -0.3 is 4.74 Å². The van der Waals surface area contributed by atoms with Crippen LogP contribution >= 0.6 is 0 Å². The van der Waals surface area contributed by atoms with Crippen LogP contribution < -0.4 is 0 Å². The van der Waals surface area contributed by atoms with Crippen molar-refractivity contribution in [2.75, 3.05) is 0 Å². The van der Waals surface area contributed by atoms with E-state index in [0.29, 0.717) is 6.42 Å². The Balaban J connectivity index is 2.81. The lowest BCUT2D eigenvalue weighted by Crippen LogP contribution is -2.20. The van der Waals surface area contributed by atoms with Gasteiger partial charge >= 0.3 is 11.9 Å². The minimum atomic E-state index is -0.382. The van der Waals surface area contributed by atoms with Crippen LogP contribution in [0.1, 0.15) is 65.7 Å². The monoisotopic (exact) mass is 252 g/mol. The maximum absolute atomic E-state index is 11.8. The highest BCUT2D eigenvalue weighted by molar-refractivity contribution is 5.88. The number of carbonyl (C=O) groups excluding carboxylic acids is 2. The zero-order chi connectivity index (χ0) is 13.5. The second-order valence-electron chi connectivity index (χ2n) is 5.13. The van der Waals surface area contributed by atoms with Crippen molar-refractivity contribution in [3.05, 3.63) is 11.1 Å². The van der Waals surface area contributed by atoms with Gasteiger partial charge in [0.2, 0.25) is 0 Å². The largest absolute Gasteiger partial charge is 0.393 e. The molecule has 18 heavy (non-hydrogen) atoms. The molecule has 0 fully saturated rings. The fourth-order valence-corrected chi connectivity index (χ4v) is 2.42. The number of rotatable bonds is 4. The molecule has 0 aromatic carbocycles. The summed E-state index contributed by atoms with van der Waals surface area (Å²) in [5, 5.41) is 0. The van der Waals surface area contributed by atoms with E-state index in [1.165, 1.54) is 24.0 Å². The third kappa shape index (κ3) is 4.28. The fourth-order valence-electron chi connectivity index (χ4n) is 2.42.